The van der Waals surface area contributed by atoms with Crippen LogP contribution < -0.4 is 11.7 Å². The van der Waals surface area contributed by atoms with Crippen LogP contribution in [0.4, 0.5) is 0 Å². The Morgan fingerprint density at radius 3 is 1.50 bits per heavy atom. The molecule has 0 aromatic heterocycles. The number of nitrogens with zero attached hydrogens (tertiary/aromatic N) is 2. The van der Waals surface area contributed by atoms with Gasteiger partial charge in [0.15, 0.2) is 0 Å². The molecule has 84 valence electrons. The van der Waals surface area contributed by atoms with E-state index in [1.165, 1.54) is 19.3 Å². The Balaban J connectivity index is 0.000000140. The number of nitrogens with two attached hydrogens (primary N) is 2. The first-order valence-corrected chi connectivity index (χ1v) is 5.36. The zero-order valence-corrected chi connectivity index (χ0v) is 8.82. The summed E-state index contributed by atoms with van der Waals surface area (Å²) in [7, 11) is 0. The third-order valence-corrected chi connectivity index (χ3v) is 2.44. The smallest absolute Gasteiger partial charge is 0.0608 e. The van der Waals surface area contributed by atoms with Crippen molar-refractivity contribution in [1.29, 1.82) is 0 Å². The fourth-order valence-electron chi connectivity index (χ4n) is 1.50. The molecule has 2 aliphatic heterocycles. The zero-order chi connectivity index (χ0) is 10.2. The van der Waals surface area contributed by atoms with Crippen molar-refractivity contribution in [3.8, 4) is 0 Å². The van der Waals surface area contributed by atoms with Crippen molar-refractivity contribution in [2.24, 2.45) is 11.7 Å². The minimum absolute atomic E-state index is 0.788. The lowest BCUT2D eigenvalue weighted by atomic mass is 10.2. The van der Waals surface area contributed by atoms with Gasteiger partial charge in [-0.2, -0.15) is 0 Å². The Morgan fingerprint density at radius 2 is 1.21 bits per heavy atom. The molecule has 2 heterocycles. The Bertz CT molecular complexity index is 117. The van der Waals surface area contributed by atoms with E-state index in [-0.39, 0.29) is 0 Å². The van der Waals surface area contributed by atoms with Crippen LogP contribution in [0.2, 0.25) is 0 Å². The average Bonchev–Trinajstić information content (AvgIpc) is 2.21. The van der Waals surface area contributed by atoms with E-state index in [9.17, 15) is 0 Å². The lowest BCUT2D eigenvalue weighted by Gasteiger charge is -2.20. The SMILES string of the molecule is NN1CCCCC1.NN1CCOCC1. The van der Waals surface area contributed by atoms with Gasteiger partial charge in [-0.05, 0) is 12.8 Å². The summed E-state index contributed by atoms with van der Waals surface area (Å²) in [6, 6.07) is 0. The van der Waals surface area contributed by atoms with Gasteiger partial charge in [0.25, 0.3) is 0 Å². The topological polar surface area (TPSA) is 67.8 Å². The van der Waals surface area contributed by atoms with Crippen LogP contribution in [-0.2, 0) is 4.74 Å². The maximum Gasteiger partial charge on any atom is 0.0608 e. The standard InChI is InChI=1S/C5H12N2.C4H10N2O/c6-7-4-2-1-3-5-7;5-6-1-3-7-4-2-6/h1-6H2;1-5H2. The van der Waals surface area contributed by atoms with Crippen molar-refractivity contribution < 1.29 is 4.74 Å². The van der Waals surface area contributed by atoms with E-state index in [4.69, 9.17) is 16.4 Å². The minimum Gasteiger partial charge on any atom is -0.379 e. The molecule has 0 aliphatic carbocycles. The van der Waals surface area contributed by atoms with E-state index >= 15 is 0 Å². The van der Waals surface area contributed by atoms with Crippen molar-refractivity contribution in [2.45, 2.75) is 19.3 Å². The van der Waals surface area contributed by atoms with Crippen LogP contribution in [0.5, 0.6) is 0 Å². The molecule has 14 heavy (non-hydrogen) atoms. The predicted octanol–water partition coefficient (Wildman–Crippen LogP) is -0.462. The largest absolute Gasteiger partial charge is 0.379 e. The number of piperidine rings is 1. The summed E-state index contributed by atoms with van der Waals surface area (Å²) in [4.78, 5) is 0. The highest BCUT2D eigenvalue weighted by molar-refractivity contribution is 4.56. The molecule has 4 N–H and O–H groups in total. The summed E-state index contributed by atoms with van der Waals surface area (Å²) in [5.74, 6) is 10.9. The number of hydrogen-bond donors (Lipinski definition) is 2. The van der Waals surface area contributed by atoms with Crippen LogP contribution >= 0.6 is 0 Å². The van der Waals surface area contributed by atoms with E-state index in [2.05, 4.69) is 0 Å². The summed E-state index contributed by atoms with van der Waals surface area (Å²) >= 11 is 0. The van der Waals surface area contributed by atoms with Crippen LogP contribution in [0.1, 0.15) is 19.3 Å². The van der Waals surface area contributed by atoms with Gasteiger partial charge in [0.05, 0.1) is 13.2 Å². The number of hydrazine groups is 2. The van der Waals surface area contributed by atoms with E-state index in [0.717, 1.165) is 39.4 Å². The second kappa shape index (κ2) is 7.14. The average molecular weight is 202 g/mol. The Hall–Kier alpha value is -0.200. The maximum atomic E-state index is 5.47. The second-order valence-corrected chi connectivity index (χ2v) is 3.74. The molecule has 5 heteroatoms. The Morgan fingerprint density at radius 1 is 0.714 bits per heavy atom. The van der Waals surface area contributed by atoms with E-state index in [1.807, 2.05) is 5.01 Å². The normalized spacial score (nSPS) is 25.3. The third-order valence-electron chi connectivity index (χ3n) is 2.44. The summed E-state index contributed by atoms with van der Waals surface area (Å²) in [6.07, 6.45) is 3.95. The van der Waals surface area contributed by atoms with Gasteiger partial charge in [0.1, 0.15) is 0 Å². The van der Waals surface area contributed by atoms with Gasteiger partial charge in [0.2, 0.25) is 0 Å². The van der Waals surface area contributed by atoms with Gasteiger partial charge < -0.3 is 4.74 Å². The lowest BCUT2D eigenvalue weighted by molar-refractivity contribution is 0.0378. The first-order valence-electron chi connectivity index (χ1n) is 5.36. The van der Waals surface area contributed by atoms with Crippen molar-refractivity contribution in [3.63, 3.8) is 0 Å². The van der Waals surface area contributed by atoms with Crippen LogP contribution in [0, 0.1) is 0 Å². The van der Waals surface area contributed by atoms with Crippen molar-refractivity contribution in [2.75, 3.05) is 39.4 Å². The molecule has 2 saturated heterocycles. The molecule has 0 saturated carbocycles. The van der Waals surface area contributed by atoms with Crippen LogP contribution in [0.3, 0.4) is 0 Å². The molecular weight excluding hydrogens is 180 g/mol. The van der Waals surface area contributed by atoms with E-state index < -0.39 is 0 Å². The number of hydrogen-bond acceptors (Lipinski definition) is 5. The molecule has 2 aliphatic rings. The molecule has 0 radical (unpaired) electrons. The highest BCUT2D eigenvalue weighted by Crippen LogP contribution is 2.03. The second-order valence-electron chi connectivity index (χ2n) is 3.74. The molecule has 0 bridgehead atoms. The first-order chi connectivity index (χ1) is 6.79. The summed E-state index contributed by atoms with van der Waals surface area (Å²) in [5, 5.41) is 3.66. The van der Waals surface area contributed by atoms with Gasteiger partial charge in [-0.3, -0.25) is 11.7 Å². The molecule has 0 amide bonds. The molecule has 5 nitrogen and oxygen atoms in total. The Labute approximate surface area is 85.9 Å². The molecule has 0 unspecified atom stereocenters. The molecule has 0 aromatic carbocycles. The summed E-state index contributed by atoms with van der Waals surface area (Å²) in [5.41, 5.74) is 0. The monoisotopic (exact) mass is 202 g/mol. The fraction of sp³-hybridized carbons (Fsp3) is 1.00. The van der Waals surface area contributed by atoms with Crippen molar-refractivity contribution in [3.05, 3.63) is 0 Å². The number of rotatable bonds is 0. The van der Waals surface area contributed by atoms with Crippen molar-refractivity contribution in [1.82, 2.24) is 10.0 Å². The van der Waals surface area contributed by atoms with Gasteiger partial charge in [0, 0.05) is 26.2 Å². The van der Waals surface area contributed by atoms with Gasteiger partial charge >= 0.3 is 0 Å². The fourth-order valence-corrected chi connectivity index (χ4v) is 1.50. The lowest BCUT2D eigenvalue weighted by Crippen LogP contribution is -2.41. The van der Waals surface area contributed by atoms with E-state index in [1.54, 1.807) is 5.01 Å². The van der Waals surface area contributed by atoms with Crippen LogP contribution in [0.15, 0.2) is 0 Å². The summed E-state index contributed by atoms with van der Waals surface area (Å²) in [6.45, 7) is 5.52. The molecule has 2 fully saturated rings. The molecule has 0 aromatic rings. The molecule has 0 spiro atoms. The zero-order valence-electron chi connectivity index (χ0n) is 8.82. The maximum absolute atomic E-state index is 5.47. The molecular formula is C9H22N4O. The highest BCUT2D eigenvalue weighted by atomic mass is 16.5. The van der Waals surface area contributed by atoms with Crippen LogP contribution in [0.25, 0.3) is 0 Å². The van der Waals surface area contributed by atoms with Gasteiger partial charge in [-0.25, -0.2) is 10.0 Å². The molecule has 2 rings (SSSR count). The van der Waals surface area contributed by atoms with Crippen molar-refractivity contribution >= 4 is 0 Å². The quantitative estimate of drug-likeness (QED) is 0.520. The Kier molecular flexibility index (Phi) is 6.05. The highest BCUT2D eigenvalue weighted by Gasteiger charge is 2.03. The number of morpholine rings is 1. The predicted molar refractivity (Wildman–Crippen MR) is 56.2 cm³/mol. The molecule has 0 atom stereocenters. The van der Waals surface area contributed by atoms with Gasteiger partial charge in [-0.1, -0.05) is 6.42 Å². The minimum atomic E-state index is 0.788. The third kappa shape index (κ3) is 5.51. The number of ether oxygens (including phenoxy) is 1. The van der Waals surface area contributed by atoms with Gasteiger partial charge in [-0.15, -0.1) is 0 Å². The first kappa shape index (κ1) is 11.9. The van der Waals surface area contributed by atoms with E-state index in [0.29, 0.717) is 0 Å². The summed E-state index contributed by atoms with van der Waals surface area (Å²) < 4.78 is 5.02. The van der Waals surface area contributed by atoms with Crippen LogP contribution in [-0.4, -0.2) is 49.4 Å².